The number of rotatable bonds is 8. The van der Waals surface area contributed by atoms with E-state index in [0.29, 0.717) is 25.2 Å². The van der Waals surface area contributed by atoms with Crippen molar-refractivity contribution >= 4 is 5.97 Å². The summed E-state index contributed by atoms with van der Waals surface area (Å²) in [5, 5.41) is 25.5. The Kier molecular flexibility index (Phi) is 11.9. The van der Waals surface area contributed by atoms with Crippen LogP contribution in [0.5, 0.6) is 0 Å². The van der Waals surface area contributed by atoms with Gasteiger partial charge in [-0.1, -0.05) is 13.0 Å². The molecule has 7 heteroatoms. The fraction of sp³-hybridized carbons (Fsp3) is 0.812. The van der Waals surface area contributed by atoms with Gasteiger partial charge < -0.3 is 20.1 Å². The van der Waals surface area contributed by atoms with E-state index in [-0.39, 0.29) is 25.8 Å². The topological polar surface area (TPSA) is 116 Å². The first-order valence-electron chi connectivity index (χ1n) is 8.11. The number of aliphatic hydroxyl groups is 3. The maximum atomic E-state index is 11.2. The second-order valence-electron chi connectivity index (χ2n) is 5.81. The largest absolute Gasteiger partial charge is 0.441 e. The molecule has 1 aliphatic rings. The van der Waals surface area contributed by atoms with Crippen molar-refractivity contribution < 1.29 is 24.9 Å². The number of carbonyl (C=O) groups excluding carboxylic acids is 1. The first-order chi connectivity index (χ1) is 10.9. The third-order valence-electron chi connectivity index (χ3n) is 3.59. The van der Waals surface area contributed by atoms with Gasteiger partial charge in [0.15, 0.2) is 5.72 Å². The lowest BCUT2D eigenvalue weighted by molar-refractivity contribution is -0.157. The van der Waals surface area contributed by atoms with Crippen molar-refractivity contribution in [3.8, 4) is 0 Å². The Morgan fingerprint density at radius 1 is 1.09 bits per heavy atom. The summed E-state index contributed by atoms with van der Waals surface area (Å²) < 4.78 is 5.18. The predicted molar refractivity (Wildman–Crippen MR) is 88.6 cm³/mol. The summed E-state index contributed by atoms with van der Waals surface area (Å²) in [5.74, 6) is -0.371. The maximum Gasteiger partial charge on any atom is 0.334 e. The Morgan fingerprint density at radius 2 is 1.52 bits per heavy atom. The molecule has 7 nitrogen and oxygen atoms in total. The number of hydrogen-bond acceptors (Lipinski definition) is 7. The summed E-state index contributed by atoms with van der Waals surface area (Å²) in [6, 6.07) is 0. The maximum absolute atomic E-state index is 11.2. The monoisotopic (exact) mass is 332 g/mol. The van der Waals surface area contributed by atoms with Crippen molar-refractivity contribution in [1.29, 1.82) is 0 Å². The minimum absolute atomic E-state index is 0.0694. The summed E-state index contributed by atoms with van der Waals surface area (Å²) in [5.41, 5.74) is 5.60. The fourth-order valence-electron chi connectivity index (χ4n) is 2.28. The second kappa shape index (κ2) is 12.4. The van der Waals surface area contributed by atoms with E-state index in [1.807, 2.05) is 0 Å². The van der Waals surface area contributed by atoms with Gasteiger partial charge in [-0.25, -0.2) is 4.79 Å². The van der Waals surface area contributed by atoms with Crippen LogP contribution in [0.1, 0.15) is 39.0 Å². The van der Waals surface area contributed by atoms with Gasteiger partial charge >= 0.3 is 5.97 Å². The van der Waals surface area contributed by atoms with E-state index in [0.717, 1.165) is 25.7 Å². The van der Waals surface area contributed by atoms with Crippen molar-refractivity contribution in [3.05, 3.63) is 12.2 Å². The van der Waals surface area contributed by atoms with Gasteiger partial charge in [0.1, 0.15) is 0 Å². The number of ether oxygens (including phenoxy) is 1. The molecule has 1 rings (SSSR count). The average molecular weight is 332 g/mol. The molecule has 1 aliphatic carbocycles. The van der Waals surface area contributed by atoms with Crippen LogP contribution in [0.2, 0.25) is 0 Å². The SMILES string of the molecule is C=C(C)C(=O)OC1(N)CCCCC1.OCCN(CCO)CCO. The zero-order chi connectivity index (χ0) is 17.7. The molecular formula is C16H32N2O5. The quantitative estimate of drug-likeness (QED) is 0.281. The molecule has 0 atom stereocenters. The number of aliphatic hydroxyl groups excluding tert-OH is 3. The van der Waals surface area contributed by atoms with Crippen LogP contribution in [0.25, 0.3) is 0 Å². The molecule has 0 aromatic heterocycles. The van der Waals surface area contributed by atoms with Gasteiger partial charge in [0, 0.05) is 38.0 Å². The van der Waals surface area contributed by atoms with Crippen molar-refractivity contribution in [2.45, 2.75) is 44.8 Å². The molecule has 0 amide bonds. The normalized spacial score (nSPS) is 16.4. The summed E-state index contributed by atoms with van der Waals surface area (Å²) in [6.07, 6.45) is 4.81. The van der Waals surface area contributed by atoms with Crippen LogP contribution in [0.15, 0.2) is 12.2 Å². The van der Waals surface area contributed by atoms with E-state index < -0.39 is 5.72 Å². The van der Waals surface area contributed by atoms with E-state index in [1.165, 1.54) is 6.42 Å². The standard InChI is InChI=1S/C10H17NO2.C6H15NO3/c1-8(2)9(12)13-10(11)6-4-3-5-7-10;8-4-1-7(2-5-9)3-6-10/h1,3-7,11H2,2H3;8-10H,1-6H2. The van der Waals surface area contributed by atoms with Gasteiger partial charge in [0.25, 0.3) is 0 Å². The zero-order valence-electron chi connectivity index (χ0n) is 14.2. The van der Waals surface area contributed by atoms with E-state index in [1.54, 1.807) is 11.8 Å². The molecule has 136 valence electrons. The van der Waals surface area contributed by atoms with Crippen LogP contribution in [0, 0.1) is 0 Å². The predicted octanol–water partition coefficient (Wildman–Crippen LogP) is -0.00990. The van der Waals surface area contributed by atoms with Crippen LogP contribution in [0.3, 0.4) is 0 Å². The highest BCUT2D eigenvalue weighted by Crippen LogP contribution is 2.27. The Labute approximate surface area is 138 Å². The minimum Gasteiger partial charge on any atom is -0.441 e. The Hall–Kier alpha value is -0.990. The van der Waals surface area contributed by atoms with Crippen molar-refractivity contribution in [2.24, 2.45) is 5.73 Å². The Bertz CT molecular complexity index is 329. The molecule has 5 N–H and O–H groups in total. The second-order valence-corrected chi connectivity index (χ2v) is 5.81. The number of carbonyl (C=O) groups is 1. The van der Waals surface area contributed by atoms with E-state index >= 15 is 0 Å². The van der Waals surface area contributed by atoms with Gasteiger partial charge in [-0.15, -0.1) is 0 Å². The van der Waals surface area contributed by atoms with E-state index in [4.69, 9.17) is 25.8 Å². The van der Waals surface area contributed by atoms with Gasteiger partial charge in [-0.05, 0) is 19.8 Å². The lowest BCUT2D eigenvalue weighted by Gasteiger charge is -2.32. The summed E-state index contributed by atoms with van der Waals surface area (Å²) in [7, 11) is 0. The molecule has 0 bridgehead atoms. The zero-order valence-corrected chi connectivity index (χ0v) is 14.2. The Morgan fingerprint density at radius 3 is 1.87 bits per heavy atom. The number of esters is 1. The summed E-state index contributed by atoms with van der Waals surface area (Å²) in [6.45, 7) is 6.91. The summed E-state index contributed by atoms with van der Waals surface area (Å²) >= 11 is 0. The number of nitrogens with two attached hydrogens (primary N) is 1. The Balaban J connectivity index is 0.000000438. The van der Waals surface area contributed by atoms with Crippen molar-refractivity contribution in [2.75, 3.05) is 39.5 Å². The van der Waals surface area contributed by atoms with Crippen LogP contribution in [-0.2, 0) is 9.53 Å². The van der Waals surface area contributed by atoms with Crippen molar-refractivity contribution in [3.63, 3.8) is 0 Å². The van der Waals surface area contributed by atoms with Gasteiger partial charge in [-0.3, -0.25) is 10.6 Å². The minimum atomic E-state index is -0.728. The molecule has 1 fully saturated rings. The van der Waals surface area contributed by atoms with Crippen LogP contribution in [-0.4, -0.2) is 71.4 Å². The molecule has 0 spiro atoms. The van der Waals surface area contributed by atoms with Gasteiger partial charge in [-0.2, -0.15) is 0 Å². The molecule has 0 aliphatic heterocycles. The van der Waals surface area contributed by atoms with E-state index in [2.05, 4.69) is 6.58 Å². The lowest BCUT2D eigenvalue weighted by atomic mass is 9.92. The molecule has 0 unspecified atom stereocenters. The highest BCUT2D eigenvalue weighted by molar-refractivity contribution is 5.87. The van der Waals surface area contributed by atoms with Crippen molar-refractivity contribution in [1.82, 2.24) is 4.90 Å². The molecule has 1 saturated carbocycles. The van der Waals surface area contributed by atoms with Gasteiger partial charge in [0.05, 0.1) is 19.8 Å². The molecule has 0 heterocycles. The third kappa shape index (κ3) is 10.4. The number of nitrogens with zero attached hydrogens (tertiary/aromatic N) is 1. The molecular weight excluding hydrogens is 300 g/mol. The van der Waals surface area contributed by atoms with Crippen LogP contribution >= 0.6 is 0 Å². The molecule has 23 heavy (non-hydrogen) atoms. The summed E-state index contributed by atoms with van der Waals surface area (Å²) in [4.78, 5) is 13.0. The fourth-order valence-corrected chi connectivity index (χ4v) is 2.28. The molecule has 0 radical (unpaired) electrons. The smallest absolute Gasteiger partial charge is 0.334 e. The van der Waals surface area contributed by atoms with E-state index in [9.17, 15) is 4.79 Å². The first-order valence-corrected chi connectivity index (χ1v) is 8.11. The highest BCUT2D eigenvalue weighted by atomic mass is 16.6. The van der Waals surface area contributed by atoms with Crippen LogP contribution < -0.4 is 5.73 Å². The van der Waals surface area contributed by atoms with Gasteiger partial charge in [0.2, 0.25) is 0 Å². The lowest BCUT2D eigenvalue weighted by Crippen LogP contribution is -2.46. The molecule has 0 aromatic carbocycles. The molecule has 0 aromatic rings. The number of hydrogen-bond donors (Lipinski definition) is 4. The highest BCUT2D eigenvalue weighted by Gasteiger charge is 2.31. The average Bonchev–Trinajstić information content (AvgIpc) is 2.49. The first kappa shape index (κ1) is 22.0. The molecule has 0 saturated heterocycles. The van der Waals surface area contributed by atoms with Crippen LogP contribution in [0.4, 0.5) is 0 Å². The third-order valence-corrected chi connectivity index (χ3v) is 3.59.